The first kappa shape index (κ1) is 11.4. The third-order valence-corrected chi connectivity index (χ3v) is 2.22. The summed E-state index contributed by atoms with van der Waals surface area (Å²) in [6.45, 7) is 0.555. The lowest BCUT2D eigenvalue weighted by Crippen LogP contribution is -2.06. The number of rotatable bonds is 4. The van der Waals surface area contributed by atoms with E-state index in [4.69, 9.17) is 0 Å². The zero-order valence-corrected chi connectivity index (χ0v) is 9.03. The van der Waals surface area contributed by atoms with Crippen molar-refractivity contribution in [2.75, 3.05) is 11.9 Å². The van der Waals surface area contributed by atoms with Crippen LogP contribution in [0.2, 0.25) is 0 Å². The van der Waals surface area contributed by atoms with Crippen molar-refractivity contribution >= 4 is 5.82 Å². The van der Waals surface area contributed by atoms with Crippen molar-refractivity contribution in [1.82, 2.24) is 9.97 Å². The van der Waals surface area contributed by atoms with E-state index < -0.39 is 11.6 Å². The van der Waals surface area contributed by atoms with Crippen LogP contribution in [-0.4, -0.2) is 16.5 Å². The molecule has 0 atom stereocenters. The van der Waals surface area contributed by atoms with E-state index in [1.807, 2.05) is 0 Å². The smallest absolute Gasteiger partial charge is 0.129 e. The van der Waals surface area contributed by atoms with Crippen molar-refractivity contribution in [3.8, 4) is 0 Å². The Kier molecular flexibility index (Phi) is 3.59. The second-order valence-corrected chi connectivity index (χ2v) is 3.55. The SMILES string of the molecule is Fc1cc(F)cc(CCNc2ccncn2)c1. The molecule has 0 saturated heterocycles. The van der Waals surface area contributed by atoms with E-state index in [9.17, 15) is 8.78 Å². The lowest BCUT2D eigenvalue weighted by atomic mass is 10.1. The van der Waals surface area contributed by atoms with Crippen LogP contribution in [0.5, 0.6) is 0 Å². The molecule has 0 aliphatic rings. The minimum atomic E-state index is -0.554. The fraction of sp³-hybridized carbons (Fsp3) is 0.167. The third-order valence-electron chi connectivity index (χ3n) is 2.22. The summed E-state index contributed by atoms with van der Waals surface area (Å²) in [6, 6.07) is 5.24. The Morgan fingerprint density at radius 3 is 2.53 bits per heavy atom. The van der Waals surface area contributed by atoms with Gasteiger partial charge in [0.05, 0.1) is 0 Å². The molecule has 0 unspecified atom stereocenters. The van der Waals surface area contributed by atoms with Crippen LogP contribution in [0.3, 0.4) is 0 Å². The predicted molar refractivity (Wildman–Crippen MR) is 60.6 cm³/mol. The maximum absolute atomic E-state index is 12.9. The van der Waals surface area contributed by atoms with Gasteiger partial charge in [-0.15, -0.1) is 0 Å². The molecule has 1 aromatic carbocycles. The minimum Gasteiger partial charge on any atom is -0.370 e. The van der Waals surface area contributed by atoms with Crippen LogP contribution in [0.15, 0.2) is 36.8 Å². The summed E-state index contributed by atoms with van der Waals surface area (Å²) in [7, 11) is 0. The van der Waals surface area contributed by atoms with Gasteiger partial charge in [0.2, 0.25) is 0 Å². The molecule has 1 aromatic heterocycles. The van der Waals surface area contributed by atoms with Gasteiger partial charge in [-0.3, -0.25) is 0 Å². The second-order valence-electron chi connectivity index (χ2n) is 3.55. The number of benzene rings is 1. The van der Waals surface area contributed by atoms with E-state index in [2.05, 4.69) is 15.3 Å². The van der Waals surface area contributed by atoms with E-state index in [-0.39, 0.29) is 0 Å². The van der Waals surface area contributed by atoms with Gasteiger partial charge in [-0.25, -0.2) is 18.7 Å². The molecule has 88 valence electrons. The molecule has 0 saturated carbocycles. The first-order valence-electron chi connectivity index (χ1n) is 5.19. The van der Waals surface area contributed by atoms with E-state index in [1.165, 1.54) is 18.5 Å². The molecule has 5 heteroatoms. The van der Waals surface area contributed by atoms with Crippen molar-refractivity contribution in [2.45, 2.75) is 6.42 Å². The summed E-state index contributed by atoms with van der Waals surface area (Å²) in [4.78, 5) is 7.76. The first-order chi connectivity index (χ1) is 8.24. The molecule has 1 heterocycles. The van der Waals surface area contributed by atoms with Gasteiger partial charge in [0, 0.05) is 18.8 Å². The lowest BCUT2D eigenvalue weighted by molar-refractivity contribution is 0.580. The van der Waals surface area contributed by atoms with Crippen LogP contribution >= 0.6 is 0 Å². The number of aromatic nitrogens is 2. The molecule has 0 fully saturated rings. The third kappa shape index (κ3) is 3.48. The molecule has 3 nitrogen and oxygen atoms in total. The normalized spacial score (nSPS) is 10.2. The summed E-state index contributed by atoms with van der Waals surface area (Å²) in [5.41, 5.74) is 0.615. The zero-order chi connectivity index (χ0) is 12.1. The van der Waals surface area contributed by atoms with Crippen molar-refractivity contribution in [1.29, 1.82) is 0 Å². The van der Waals surface area contributed by atoms with Crippen LogP contribution in [0.4, 0.5) is 14.6 Å². The van der Waals surface area contributed by atoms with Crippen LogP contribution in [0, 0.1) is 11.6 Å². The van der Waals surface area contributed by atoms with Gasteiger partial charge in [0.15, 0.2) is 0 Å². The predicted octanol–water partition coefficient (Wildman–Crippen LogP) is 2.41. The average molecular weight is 235 g/mol. The molecule has 2 aromatic rings. The van der Waals surface area contributed by atoms with E-state index in [1.54, 1.807) is 12.3 Å². The molecule has 0 amide bonds. The standard InChI is InChI=1S/C12H11F2N3/c13-10-5-9(6-11(14)7-10)1-4-16-12-2-3-15-8-17-12/h2-3,5-8H,1,4H2,(H,15,16,17). The highest BCUT2D eigenvalue weighted by atomic mass is 19.1. The molecule has 2 rings (SSSR count). The minimum absolute atomic E-state index is 0.526. The Hall–Kier alpha value is -2.04. The van der Waals surface area contributed by atoms with Gasteiger partial charge in [-0.1, -0.05) is 0 Å². The van der Waals surface area contributed by atoms with E-state index in [0.717, 1.165) is 6.07 Å². The topological polar surface area (TPSA) is 37.8 Å². The van der Waals surface area contributed by atoms with Crippen molar-refractivity contribution in [2.24, 2.45) is 0 Å². The number of hydrogen-bond acceptors (Lipinski definition) is 3. The molecule has 1 N–H and O–H groups in total. The summed E-state index contributed by atoms with van der Waals surface area (Å²) >= 11 is 0. The first-order valence-corrected chi connectivity index (χ1v) is 5.19. The summed E-state index contributed by atoms with van der Waals surface area (Å²) < 4.78 is 25.8. The lowest BCUT2D eigenvalue weighted by Gasteiger charge is -2.05. The number of hydrogen-bond donors (Lipinski definition) is 1. The Labute approximate surface area is 97.5 Å². The molecule has 17 heavy (non-hydrogen) atoms. The van der Waals surface area contributed by atoms with E-state index in [0.29, 0.717) is 24.3 Å². The highest BCUT2D eigenvalue weighted by molar-refractivity contribution is 5.32. The number of nitrogens with one attached hydrogen (secondary N) is 1. The van der Waals surface area contributed by atoms with Crippen molar-refractivity contribution in [3.63, 3.8) is 0 Å². The monoisotopic (exact) mass is 235 g/mol. The van der Waals surface area contributed by atoms with Gasteiger partial charge in [0.1, 0.15) is 23.8 Å². The van der Waals surface area contributed by atoms with Crippen LogP contribution in [-0.2, 0) is 6.42 Å². The number of nitrogens with zero attached hydrogens (tertiary/aromatic N) is 2. The summed E-state index contributed by atoms with van der Waals surface area (Å²) in [5, 5.41) is 3.04. The Morgan fingerprint density at radius 1 is 1.12 bits per heavy atom. The quantitative estimate of drug-likeness (QED) is 0.884. The number of halogens is 2. The Balaban J connectivity index is 1.90. The zero-order valence-electron chi connectivity index (χ0n) is 9.03. The number of anilines is 1. The Bertz CT molecular complexity index is 468. The highest BCUT2D eigenvalue weighted by Crippen LogP contribution is 2.09. The average Bonchev–Trinajstić information content (AvgIpc) is 2.29. The molecule has 0 radical (unpaired) electrons. The highest BCUT2D eigenvalue weighted by Gasteiger charge is 2.00. The summed E-state index contributed by atoms with van der Waals surface area (Å²) in [5.74, 6) is -0.416. The molecular formula is C12H11F2N3. The van der Waals surface area contributed by atoms with Gasteiger partial charge >= 0.3 is 0 Å². The maximum Gasteiger partial charge on any atom is 0.129 e. The maximum atomic E-state index is 12.9. The molecule has 0 spiro atoms. The largest absolute Gasteiger partial charge is 0.370 e. The van der Waals surface area contributed by atoms with Crippen LogP contribution in [0.1, 0.15) is 5.56 Å². The van der Waals surface area contributed by atoms with Crippen molar-refractivity contribution < 1.29 is 8.78 Å². The molecular weight excluding hydrogens is 224 g/mol. The fourth-order valence-electron chi connectivity index (χ4n) is 1.49. The van der Waals surface area contributed by atoms with Crippen LogP contribution < -0.4 is 5.32 Å². The van der Waals surface area contributed by atoms with Crippen molar-refractivity contribution in [3.05, 3.63) is 54.0 Å². The molecule has 0 aliphatic heterocycles. The fourth-order valence-corrected chi connectivity index (χ4v) is 1.49. The molecule has 0 aliphatic carbocycles. The van der Waals surface area contributed by atoms with E-state index >= 15 is 0 Å². The Morgan fingerprint density at radius 2 is 1.88 bits per heavy atom. The van der Waals surface area contributed by atoms with Gasteiger partial charge < -0.3 is 5.32 Å². The van der Waals surface area contributed by atoms with Gasteiger partial charge in [0.25, 0.3) is 0 Å². The second kappa shape index (κ2) is 5.34. The van der Waals surface area contributed by atoms with Gasteiger partial charge in [-0.2, -0.15) is 0 Å². The summed E-state index contributed by atoms with van der Waals surface area (Å²) in [6.07, 6.45) is 3.58. The van der Waals surface area contributed by atoms with Gasteiger partial charge in [-0.05, 0) is 30.2 Å². The van der Waals surface area contributed by atoms with Crippen LogP contribution in [0.25, 0.3) is 0 Å². The molecule has 0 bridgehead atoms.